The summed E-state index contributed by atoms with van der Waals surface area (Å²) in [5.74, 6) is 0.628. The number of aromatic amines is 1. The first-order chi connectivity index (χ1) is 18.0. The van der Waals surface area contributed by atoms with Crippen LogP contribution in [0.25, 0.3) is 38.6 Å². The first-order valence-corrected chi connectivity index (χ1v) is 12.7. The van der Waals surface area contributed by atoms with Gasteiger partial charge in [-0.15, -0.1) is 0 Å². The molecule has 0 aliphatic carbocycles. The fourth-order valence-corrected chi connectivity index (χ4v) is 4.88. The summed E-state index contributed by atoms with van der Waals surface area (Å²) >= 11 is 0. The quantitative estimate of drug-likeness (QED) is 0.222. The molecule has 0 aliphatic rings. The van der Waals surface area contributed by atoms with Crippen molar-refractivity contribution in [3.63, 3.8) is 0 Å². The number of para-hydroxylation sites is 1. The molecule has 188 valence electrons. The maximum absolute atomic E-state index is 12.9. The summed E-state index contributed by atoms with van der Waals surface area (Å²) in [6.07, 6.45) is 6.23. The Morgan fingerprint density at radius 3 is 2.65 bits per heavy atom. The molecule has 2 N–H and O–H groups in total. The van der Waals surface area contributed by atoms with E-state index in [0.717, 1.165) is 56.5 Å². The number of carbonyl (C=O) groups excluding carboxylic acids is 1. The van der Waals surface area contributed by atoms with E-state index in [1.54, 1.807) is 12.3 Å². The summed E-state index contributed by atoms with van der Waals surface area (Å²) in [5.41, 5.74) is 9.11. The van der Waals surface area contributed by atoms with Crippen molar-refractivity contribution in [3.8, 4) is 16.9 Å². The molecule has 0 fully saturated rings. The van der Waals surface area contributed by atoms with Crippen LogP contribution in [0.4, 0.5) is 0 Å². The van der Waals surface area contributed by atoms with E-state index in [2.05, 4.69) is 59.7 Å². The monoisotopic (exact) mass is 492 g/mol. The summed E-state index contributed by atoms with van der Waals surface area (Å²) in [6, 6.07) is 18.7. The number of rotatable bonds is 8. The Kier molecular flexibility index (Phi) is 6.87. The second-order valence-corrected chi connectivity index (χ2v) is 9.43. The lowest BCUT2D eigenvalue weighted by Gasteiger charge is -2.15. The van der Waals surface area contributed by atoms with Crippen molar-refractivity contribution < 1.29 is 13.9 Å². The molecule has 5 heteroatoms. The number of nitrogens with one attached hydrogen (secondary N) is 2. The van der Waals surface area contributed by atoms with Gasteiger partial charge in [-0.1, -0.05) is 48.0 Å². The van der Waals surface area contributed by atoms with Crippen molar-refractivity contribution in [1.82, 2.24) is 10.3 Å². The first-order valence-electron chi connectivity index (χ1n) is 12.7. The van der Waals surface area contributed by atoms with E-state index in [1.165, 1.54) is 16.5 Å². The zero-order valence-corrected chi connectivity index (χ0v) is 21.8. The number of allylic oxidation sites excluding steroid dienone is 1. The number of benzene rings is 3. The highest BCUT2D eigenvalue weighted by atomic mass is 16.5. The van der Waals surface area contributed by atoms with Gasteiger partial charge in [-0.2, -0.15) is 0 Å². The van der Waals surface area contributed by atoms with Gasteiger partial charge in [0, 0.05) is 51.8 Å². The highest BCUT2D eigenvalue weighted by Crippen LogP contribution is 2.40. The predicted molar refractivity (Wildman–Crippen MR) is 151 cm³/mol. The number of fused-ring (bicyclic) bond motifs is 2. The minimum atomic E-state index is -0.122. The summed E-state index contributed by atoms with van der Waals surface area (Å²) in [6.45, 7) is 9.08. The highest BCUT2D eigenvalue weighted by Gasteiger charge is 2.19. The lowest BCUT2D eigenvalue weighted by atomic mass is 9.96. The number of furan rings is 1. The van der Waals surface area contributed by atoms with E-state index in [1.807, 2.05) is 39.1 Å². The molecular weight excluding hydrogens is 460 g/mol. The number of hydrogen-bond donors (Lipinski definition) is 2. The number of amides is 1. The van der Waals surface area contributed by atoms with Crippen LogP contribution in [0.2, 0.25) is 0 Å². The van der Waals surface area contributed by atoms with Gasteiger partial charge in [0.25, 0.3) is 0 Å². The number of H-pyrrole nitrogens is 1. The van der Waals surface area contributed by atoms with Crippen molar-refractivity contribution >= 4 is 33.4 Å². The molecule has 37 heavy (non-hydrogen) atoms. The standard InChI is InChI=1S/C32H32N2O3/c1-5-36-31-22(4)32-27(28(19-37-32)23-12-10-20(2)11-13-23)17-26(31)21(3)16-30(35)33-15-14-24-18-34-29-9-7-6-8-25(24)29/h6-13,16-19,34H,5,14-15H2,1-4H3,(H,33,35)/b21-16+. The van der Waals surface area contributed by atoms with Crippen LogP contribution in [0.3, 0.4) is 0 Å². The summed E-state index contributed by atoms with van der Waals surface area (Å²) in [4.78, 5) is 16.1. The molecule has 0 unspecified atom stereocenters. The molecule has 3 aromatic carbocycles. The van der Waals surface area contributed by atoms with Gasteiger partial charge in [-0.3, -0.25) is 4.79 Å². The third kappa shape index (κ3) is 4.90. The molecule has 0 atom stereocenters. The van der Waals surface area contributed by atoms with Crippen molar-refractivity contribution in [3.05, 3.63) is 95.4 Å². The zero-order chi connectivity index (χ0) is 25.9. The van der Waals surface area contributed by atoms with Gasteiger partial charge >= 0.3 is 0 Å². The molecule has 0 aliphatic heterocycles. The molecule has 0 saturated carbocycles. The van der Waals surface area contributed by atoms with Crippen LogP contribution in [0.15, 0.2) is 77.6 Å². The van der Waals surface area contributed by atoms with E-state index in [9.17, 15) is 4.79 Å². The maximum atomic E-state index is 12.9. The highest BCUT2D eigenvalue weighted by molar-refractivity contribution is 6.01. The molecule has 1 amide bonds. The normalized spacial score (nSPS) is 11.8. The van der Waals surface area contributed by atoms with Crippen LogP contribution >= 0.6 is 0 Å². The van der Waals surface area contributed by atoms with Crippen molar-refractivity contribution in [2.24, 2.45) is 0 Å². The van der Waals surface area contributed by atoms with Gasteiger partial charge in [0.1, 0.15) is 11.3 Å². The average Bonchev–Trinajstić information content (AvgIpc) is 3.51. The molecule has 5 nitrogen and oxygen atoms in total. The van der Waals surface area contributed by atoms with Crippen LogP contribution < -0.4 is 10.1 Å². The SMILES string of the molecule is CCOc1c(/C(C)=C/C(=O)NCCc2c[nH]c3ccccc23)cc2c(-c3ccc(C)cc3)coc2c1C. The Bertz CT molecular complexity index is 1600. The van der Waals surface area contributed by atoms with E-state index in [-0.39, 0.29) is 5.91 Å². The van der Waals surface area contributed by atoms with Crippen LogP contribution in [-0.2, 0) is 11.2 Å². The Morgan fingerprint density at radius 1 is 1.08 bits per heavy atom. The first kappa shape index (κ1) is 24.4. The summed E-state index contributed by atoms with van der Waals surface area (Å²) in [5, 5.41) is 5.24. The topological polar surface area (TPSA) is 67.3 Å². The van der Waals surface area contributed by atoms with Crippen LogP contribution in [0.5, 0.6) is 5.75 Å². The fourth-order valence-electron chi connectivity index (χ4n) is 4.88. The van der Waals surface area contributed by atoms with Gasteiger partial charge < -0.3 is 19.5 Å². The van der Waals surface area contributed by atoms with Crippen molar-refractivity contribution in [2.75, 3.05) is 13.2 Å². The number of hydrogen-bond acceptors (Lipinski definition) is 3. The van der Waals surface area contributed by atoms with Crippen molar-refractivity contribution in [1.29, 1.82) is 0 Å². The van der Waals surface area contributed by atoms with Gasteiger partial charge in [0.15, 0.2) is 0 Å². The van der Waals surface area contributed by atoms with E-state index < -0.39 is 0 Å². The maximum Gasteiger partial charge on any atom is 0.244 e. The molecule has 0 radical (unpaired) electrons. The van der Waals surface area contributed by atoms with Crippen LogP contribution in [-0.4, -0.2) is 24.0 Å². The minimum absolute atomic E-state index is 0.122. The lowest BCUT2D eigenvalue weighted by molar-refractivity contribution is -0.116. The second kappa shape index (κ2) is 10.4. The molecule has 5 rings (SSSR count). The van der Waals surface area contributed by atoms with E-state index in [4.69, 9.17) is 9.15 Å². The van der Waals surface area contributed by atoms with Gasteiger partial charge in [0.2, 0.25) is 5.91 Å². The second-order valence-electron chi connectivity index (χ2n) is 9.43. The van der Waals surface area contributed by atoms with Gasteiger partial charge in [-0.25, -0.2) is 0 Å². The number of aromatic nitrogens is 1. The molecule has 0 saturated heterocycles. The van der Waals surface area contributed by atoms with Crippen LogP contribution in [0, 0.1) is 13.8 Å². The summed E-state index contributed by atoms with van der Waals surface area (Å²) < 4.78 is 12.0. The Labute approximate surface area is 217 Å². The number of aryl methyl sites for hydroxylation is 2. The van der Waals surface area contributed by atoms with Gasteiger partial charge in [0.05, 0.1) is 12.9 Å². The summed E-state index contributed by atoms with van der Waals surface area (Å²) in [7, 11) is 0. The van der Waals surface area contributed by atoms with Gasteiger partial charge in [-0.05, 0) is 62.9 Å². The number of carbonyl (C=O) groups is 1. The Hall–Kier alpha value is -4.25. The molecule has 0 spiro atoms. The molecule has 2 aromatic heterocycles. The third-order valence-corrected chi connectivity index (χ3v) is 6.84. The Morgan fingerprint density at radius 2 is 1.86 bits per heavy atom. The third-order valence-electron chi connectivity index (χ3n) is 6.84. The minimum Gasteiger partial charge on any atom is -0.493 e. The van der Waals surface area contributed by atoms with E-state index in [0.29, 0.717) is 13.2 Å². The number of ether oxygens (including phenoxy) is 1. The van der Waals surface area contributed by atoms with Crippen molar-refractivity contribution in [2.45, 2.75) is 34.1 Å². The molecule has 0 bridgehead atoms. The lowest BCUT2D eigenvalue weighted by Crippen LogP contribution is -2.23. The van der Waals surface area contributed by atoms with E-state index >= 15 is 0 Å². The molecule has 5 aromatic rings. The molecule has 2 heterocycles. The largest absolute Gasteiger partial charge is 0.493 e. The fraction of sp³-hybridized carbons (Fsp3) is 0.219. The molecular formula is C32H32N2O3. The zero-order valence-electron chi connectivity index (χ0n) is 21.8. The Balaban J connectivity index is 1.41. The smallest absolute Gasteiger partial charge is 0.244 e. The average molecular weight is 493 g/mol. The van der Waals surface area contributed by atoms with Crippen LogP contribution in [0.1, 0.15) is 36.1 Å². The predicted octanol–water partition coefficient (Wildman–Crippen LogP) is 7.36.